The predicted octanol–water partition coefficient (Wildman–Crippen LogP) is 4.62. The lowest BCUT2D eigenvalue weighted by Gasteiger charge is -2.12. The van der Waals surface area contributed by atoms with Gasteiger partial charge in [0.1, 0.15) is 0 Å². The molecule has 1 aromatic heterocycles. The largest absolute Gasteiger partial charge is 0.478 e. The number of aromatic nitrogens is 2. The molecule has 1 N–H and O–H groups in total. The molecule has 0 unspecified atom stereocenters. The summed E-state index contributed by atoms with van der Waals surface area (Å²) in [7, 11) is 0. The molecule has 6 heteroatoms. The van der Waals surface area contributed by atoms with Crippen LogP contribution in [-0.4, -0.2) is 21.0 Å². The van der Waals surface area contributed by atoms with Crippen molar-refractivity contribution in [1.29, 1.82) is 0 Å². The Hall–Kier alpha value is -3.15. The van der Waals surface area contributed by atoms with Crippen LogP contribution < -0.4 is 0 Å². The maximum absolute atomic E-state index is 13.5. The van der Waals surface area contributed by atoms with E-state index in [1.165, 1.54) is 24.3 Å². The molecule has 126 valence electrons. The molecular weight excluding hydrogens is 326 g/mol. The maximum atomic E-state index is 13.5. The molecule has 0 atom stereocenters. The molecule has 3 aromatic rings. The molecule has 0 saturated heterocycles. The first-order valence-corrected chi connectivity index (χ1v) is 7.50. The third-order valence-corrected chi connectivity index (χ3v) is 3.71. The van der Waals surface area contributed by atoms with Gasteiger partial charge in [-0.3, -0.25) is 0 Å². The Bertz CT molecular complexity index is 919. The van der Waals surface area contributed by atoms with Crippen molar-refractivity contribution in [3.63, 3.8) is 0 Å². The highest BCUT2D eigenvalue weighted by Gasteiger charge is 2.24. The van der Waals surface area contributed by atoms with Gasteiger partial charge in [-0.15, -0.1) is 0 Å². The molecule has 0 fully saturated rings. The summed E-state index contributed by atoms with van der Waals surface area (Å²) in [6, 6.07) is 13.8. The molecule has 0 aliphatic carbocycles. The SMILES string of the molecule is CC(F)(F)c1cccc(-c2ccnc(-c3ccc(C(=O)O)cc3)n2)c1. The zero-order valence-electron chi connectivity index (χ0n) is 13.3. The quantitative estimate of drug-likeness (QED) is 0.753. The van der Waals surface area contributed by atoms with Gasteiger partial charge >= 0.3 is 5.97 Å². The van der Waals surface area contributed by atoms with Crippen LogP contribution in [0.25, 0.3) is 22.6 Å². The Kier molecular flexibility index (Phi) is 4.27. The van der Waals surface area contributed by atoms with Crippen LogP contribution in [0.1, 0.15) is 22.8 Å². The molecule has 0 aliphatic rings. The number of hydrogen-bond acceptors (Lipinski definition) is 3. The fraction of sp³-hybridized carbons (Fsp3) is 0.105. The maximum Gasteiger partial charge on any atom is 0.335 e. The van der Waals surface area contributed by atoms with Crippen molar-refractivity contribution in [2.75, 3.05) is 0 Å². The third-order valence-electron chi connectivity index (χ3n) is 3.71. The number of aromatic carboxylic acids is 1. The van der Waals surface area contributed by atoms with Crippen LogP contribution in [0.2, 0.25) is 0 Å². The Labute approximate surface area is 142 Å². The van der Waals surface area contributed by atoms with E-state index in [0.717, 1.165) is 6.92 Å². The van der Waals surface area contributed by atoms with Gasteiger partial charge in [0.05, 0.1) is 11.3 Å². The van der Waals surface area contributed by atoms with E-state index < -0.39 is 11.9 Å². The van der Waals surface area contributed by atoms with Gasteiger partial charge in [-0.05, 0) is 24.3 Å². The van der Waals surface area contributed by atoms with E-state index in [9.17, 15) is 13.6 Å². The number of halogens is 2. The smallest absolute Gasteiger partial charge is 0.335 e. The first-order valence-electron chi connectivity index (χ1n) is 7.50. The Morgan fingerprint density at radius 3 is 2.40 bits per heavy atom. The van der Waals surface area contributed by atoms with Gasteiger partial charge in [-0.2, -0.15) is 0 Å². The van der Waals surface area contributed by atoms with Crippen LogP contribution in [0.3, 0.4) is 0 Å². The zero-order chi connectivity index (χ0) is 18.0. The highest BCUT2D eigenvalue weighted by molar-refractivity contribution is 5.88. The normalized spacial score (nSPS) is 11.3. The van der Waals surface area contributed by atoms with Crippen molar-refractivity contribution in [1.82, 2.24) is 9.97 Å². The molecule has 0 saturated carbocycles. The summed E-state index contributed by atoms with van der Waals surface area (Å²) in [5.41, 5.74) is 1.79. The van der Waals surface area contributed by atoms with Crippen LogP contribution in [0.15, 0.2) is 60.8 Å². The van der Waals surface area contributed by atoms with Gasteiger partial charge in [-0.25, -0.2) is 23.5 Å². The van der Waals surface area contributed by atoms with Crippen LogP contribution in [0.4, 0.5) is 8.78 Å². The van der Waals surface area contributed by atoms with E-state index in [2.05, 4.69) is 9.97 Å². The predicted molar refractivity (Wildman–Crippen MR) is 89.4 cm³/mol. The highest BCUT2D eigenvalue weighted by atomic mass is 19.3. The molecule has 25 heavy (non-hydrogen) atoms. The summed E-state index contributed by atoms with van der Waals surface area (Å²) in [4.78, 5) is 19.5. The lowest BCUT2D eigenvalue weighted by molar-refractivity contribution is 0.0175. The topological polar surface area (TPSA) is 63.1 Å². The fourth-order valence-corrected chi connectivity index (χ4v) is 2.37. The van der Waals surface area contributed by atoms with E-state index in [4.69, 9.17) is 5.11 Å². The van der Waals surface area contributed by atoms with Crippen molar-refractivity contribution in [3.8, 4) is 22.6 Å². The summed E-state index contributed by atoms with van der Waals surface area (Å²) in [5.74, 6) is -3.56. The minimum atomic E-state index is -2.93. The van der Waals surface area contributed by atoms with Crippen LogP contribution in [0, 0.1) is 0 Å². The van der Waals surface area contributed by atoms with Crippen molar-refractivity contribution in [3.05, 3.63) is 71.9 Å². The highest BCUT2D eigenvalue weighted by Crippen LogP contribution is 2.30. The molecule has 1 heterocycles. The van der Waals surface area contributed by atoms with Gasteiger partial charge in [0.2, 0.25) is 0 Å². The Balaban J connectivity index is 1.98. The standard InChI is InChI=1S/C19H14F2N2O2/c1-19(20,21)15-4-2-3-14(11-15)16-9-10-22-17(23-16)12-5-7-13(8-6-12)18(24)25/h2-11H,1H3,(H,24,25). The summed E-state index contributed by atoms with van der Waals surface area (Å²) in [6.07, 6.45) is 1.54. The number of carbonyl (C=O) groups is 1. The van der Waals surface area contributed by atoms with Crippen molar-refractivity contribution in [2.24, 2.45) is 0 Å². The zero-order valence-corrected chi connectivity index (χ0v) is 13.3. The number of nitrogens with zero attached hydrogens (tertiary/aromatic N) is 2. The number of carboxylic acids is 1. The van der Waals surface area contributed by atoms with Gasteiger partial charge in [0.15, 0.2) is 5.82 Å². The average Bonchev–Trinajstić information content (AvgIpc) is 2.61. The lowest BCUT2D eigenvalue weighted by atomic mass is 10.0. The minimum absolute atomic E-state index is 0.0871. The van der Waals surface area contributed by atoms with E-state index in [1.54, 1.807) is 36.5 Å². The fourth-order valence-electron chi connectivity index (χ4n) is 2.37. The molecule has 0 bridgehead atoms. The van der Waals surface area contributed by atoms with Gasteiger partial charge in [-0.1, -0.05) is 30.3 Å². The molecule has 0 spiro atoms. The molecule has 0 aliphatic heterocycles. The number of hydrogen-bond donors (Lipinski definition) is 1. The van der Waals surface area contributed by atoms with Gasteiger partial charge < -0.3 is 5.11 Å². The van der Waals surface area contributed by atoms with Crippen LogP contribution in [0.5, 0.6) is 0 Å². The number of alkyl halides is 2. The molecule has 0 radical (unpaired) electrons. The summed E-state index contributed by atoms with van der Waals surface area (Å²) < 4.78 is 27.0. The number of carboxylic acid groups (broad SMARTS) is 1. The Morgan fingerprint density at radius 1 is 1.04 bits per heavy atom. The average molecular weight is 340 g/mol. The van der Waals surface area contributed by atoms with E-state index in [0.29, 0.717) is 22.6 Å². The second-order valence-electron chi connectivity index (χ2n) is 5.62. The number of benzene rings is 2. The molecule has 0 amide bonds. The minimum Gasteiger partial charge on any atom is -0.478 e. The van der Waals surface area contributed by atoms with Crippen molar-refractivity contribution in [2.45, 2.75) is 12.8 Å². The summed E-state index contributed by atoms with van der Waals surface area (Å²) in [6.45, 7) is 0.849. The second-order valence-corrected chi connectivity index (χ2v) is 5.62. The first kappa shape index (κ1) is 16.7. The van der Waals surface area contributed by atoms with E-state index >= 15 is 0 Å². The van der Waals surface area contributed by atoms with Crippen molar-refractivity contribution < 1.29 is 18.7 Å². The third kappa shape index (κ3) is 3.68. The Morgan fingerprint density at radius 2 is 1.76 bits per heavy atom. The van der Waals surface area contributed by atoms with Gasteiger partial charge in [0, 0.05) is 29.8 Å². The van der Waals surface area contributed by atoms with E-state index in [1.807, 2.05) is 0 Å². The summed E-state index contributed by atoms with van der Waals surface area (Å²) >= 11 is 0. The monoisotopic (exact) mass is 340 g/mol. The lowest BCUT2D eigenvalue weighted by Crippen LogP contribution is -2.06. The first-order chi connectivity index (χ1) is 11.8. The molecule has 3 rings (SSSR count). The van der Waals surface area contributed by atoms with Crippen molar-refractivity contribution >= 4 is 5.97 Å². The van der Waals surface area contributed by atoms with Crippen LogP contribution >= 0.6 is 0 Å². The molecular formula is C19H14F2N2O2. The molecule has 4 nitrogen and oxygen atoms in total. The summed E-state index contributed by atoms with van der Waals surface area (Å²) in [5, 5.41) is 8.94. The number of rotatable bonds is 4. The van der Waals surface area contributed by atoms with Gasteiger partial charge in [0.25, 0.3) is 5.92 Å². The molecule has 2 aromatic carbocycles. The van der Waals surface area contributed by atoms with Crippen LogP contribution in [-0.2, 0) is 5.92 Å². The van der Waals surface area contributed by atoms with E-state index in [-0.39, 0.29) is 11.1 Å². The second kappa shape index (κ2) is 6.39.